The van der Waals surface area contributed by atoms with Gasteiger partial charge in [-0.3, -0.25) is 0 Å². The van der Waals surface area contributed by atoms with Crippen LogP contribution in [0.5, 0.6) is 0 Å². The number of imidazole rings is 1. The van der Waals surface area contributed by atoms with Gasteiger partial charge in [-0.1, -0.05) is 0 Å². The molecular formula is C10H18N4. The molecule has 1 unspecified atom stereocenters. The molecule has 1 aromatic rings. The standard InChI is InChI=1S/C10H18N4/c1-13-3-2-9(5-13)6-14-7-10(4-11)12-8-14/h7-9H,2-6,11H2,1H3. The van der Waals surface area contributed by atoms with E-state index in [1.807, 2.05) is 6.33 Å². The summed E-state index contributed by atoms with van der Waals surface area (Å²) in [4.78, 5) is 6.60. The van der Waals surface area contributed by atoms with Crippen LogP contribution in [0.1, 0.15) is 12.1 Å². The van der Waals surface area contributed by atoms with E-state index in [2.05, 4.69) is 27.7 Å². The van der Waals surface area contributed by atoms with Crippen molar-refractivity contribution >= 4 is 0 Å². The minimum absolute atomic E-state index is 0.539. The number of hydrogen-bond acceptors (Lipinski definition) is 3. The quantitative estimate of drug-likeness (QED) is 0.752. The van der Waals surface area contributed by atoms with Crippen molar-refractivity contribution in [1.29, 1.82) is 0 Å². The first-order valence-corrected chi connectivity index (χ1v) is 5.17. The number of aromatic nitrogens is 2. The summed E-state index contributed by atoms with van der Waals surface area (Å²) in [6.45, 7) is 4.05. The molecule has 1 fully saturated rings. The van der Waals surface area contributed by atoms with Gasteiger partial charge in [0.25, 0.3) is 0 Å². The number of hydrogen-bond donors (Lipinski definition) is 1. The second kappa shape index (κ2) is 4.11. The van der Waals surface area contributed by atoms with Gasteiger partial charge in [0.15, 0.2) is 0 Å². The van der Waals surface area contributed by atoms with Crippen LogP contribution in [-0.4, -0.2) is 34.6 Å². The zero-order chi connectivity index (χ0) is 9.97. The molecule has 14 heavy (non-hydrogen) atoms. The lowest BCUT2D eigenvalue weighted by atomic mass is 10.1. The number of nitrogens with two attached hydrogens (primary N) is 1. The van der Waals surface area contributed by atoms with Crippen molar-refractivity contribution in [3.05, 3.63) is 18.2 Å². The third kappa shape index (κ3) is 2.13. The van der Waals surface area contributed by atoms with Crippen LogP contribution in [0, 0.1) is 5.92 Å². The van der Waals surface area contributed by atoms with Crippen LogP contribution in [0.3, 0.4) is 0 Å². The van der Waals surface area contributed by atoms with Gasteiger partial charge in [0.05, 0.1) is 12.0 Å². The van der Waals surface area contributed by atoms with Crippen molar-refractivity contribution in [3.63, 3.8) is 0 Å². The second-order valence-corrected chi connectivity index (χ2v) is 4.18. The number of nitrogens with zero attached hydrogens (tertiary/aromatic N) is 3. The van der Waals surface area contributed by atoms with Gasteiger partial charge >= 0.3 is 0 Å². The van der Waals surface area contributed by atoms with E-state index in [1.54, 1.807) is 0 Å². The Balaban J connectivity index is 1.90. The minimum atomic E-state index is 0.539. The first-order chi connectivity index (χ1) is 6.78. The molecule has 0 bridgehead atoms. The van der Waals surface area contributed by atoms with Crippen LogP contribution in [0.15, 0.2) is 12.5 Å². The summed E-state index contributed by atoms with van der Waals surface area (Å²) in [5.41, 5.74) is 6.49. The molecule has 0 aromatic carbocycles. The molecule has 0 amide bonds. The van der Waals surface area contributed by atoms with E-state index in [4.69, 9.17) is 5.73 Å². The lowest BCUT2D eigenvalue weighted by Gasteiger charge is -2.10. The average molecular weight is 194 g/mol. The van der Waals surface area contributed by atoms with E-state index >= 15 is 0 Å². The number of rotatable bonds is 3. The van der Waals surface area contributed by atoms with Crippen LogP contribution >= 0.6 is 0 Å². The fourth-order valence-corrected chi connectivity index (χ4v) is 2.09. The Kier molecular flexibility index (Phi) is 2.84. The second-order valence-electron chi connectivity index (χ2n) is 4.18. The molecule has 1 aliphatic rings. The van der Waals surface area contributed by atoms with Gasteiger partial charge in [0.1, 0.15) is 0 Å². The van der Waals surface area contributed by atoms with Gasteiger partial charge in [-0.25, -0.2) is 4.98 Å². The topological polar surface area (TPSA) is 47.1 Å². The van der Waals surface area contributed by atoms with Crippen LogP contribution in [0.25, 0.3) is 0 Å². The molecule has 0 spiro atoms. The Labute approximate surface area is 84.7 Å². The summed E-state index contributed by atoms with van der Waals surface area (Å²) in [7, 11) is 2.18. The molecule has 1 saturated heterocycles. The summed E-state index contributed by atoms with van der Waals surface area (Å²) in [6, 6.07) is 0. The van der Waals surface area contributed by atoms with Crippen molar-refractivity contribution in [1.82, 2.24) is 14.5 Å². The summed E-state index contributed by atoms with van der Waals surface area (Å²) < 4.78 is 2.16. The highest BCUT2D eigenvalue weighted by Gasteiger charge is 2.19. The van der Waals surface area contributed by atoms with Gasteiger partial charge in [-0.05, 0) is 25.9 Å². The van der Waals surface area contributed by atoms with E-state index in [0.29, 0.717) is 6.54 Å². The third-order valence-corrected chi connectivity index (χ3v) is 2.85. The summed E-state index contributed by atoms with van der Waals surface area (Å²) in [5, 5.41) is 0. The molecule has 4 heteroatoms. The molecule has 2 N–H and O–H groups in total. The Bertz CT molecular complexity index is 294. The van der Waals surface area contributed by atoms with E-state index < -0.39 is 0 Å². The summed E-state index contributed by atoms with van der Waals surface area (Å²) in [6.07, 6.45) is 5.24. The number of likely N-dealkylation sites (tertiary alicyclic amines) is 1. The van der Waals surface area contributed by atoms with Crippen molar-refractivity contribution in [2.45, 2.75) is 19.5 Å². The normalized spacial score (nSPS) is 23.1. The molecule has 2 heterocycles. The largest absolute Gasteiger partial charge is 0.337 e. The summed E-state index contributed by atoms with van der Waals surface area (Å²) in [5.74, 6) is 0.778. The van der Waals surface area contributed by atoms with Gasteiger partial charge in [0, 0.05) is 25.8 Å². The Morgan fingerprint density at radius 2 is 2.50 bits per heavy atom. The van der Waals surface area contributed by atoms with Gasteiger partial charge in [-0.15, -0.1) is 0 Å². The molecule has 0 aliphatic carbocycles. The minimum Gasteiger partial charge on any atom is -0.337 e. The first-order valence-electron chi connectivity index (χ1n) is 5.17. The van der Waals surface area contributed by atoms with E-state index in [0.717, 1.165) is 18.2 Å². The van der Waals surface area contributed by atoms with Crippen molar-refractivity contribution in [3.8, 4) is 0 Å². The monoisotopic (exact) mass is 194 g/mol. The van der Waals surface area contributed by atoms with Gasteiger partial charge in [0.2, 0.25) is 0 Å². The molecule has 4 nitrogen and oxygen atoms in total. The van der Waals surface area contributed by atoms with Crippen LogP contribution in [0.4, 0.5) is 0 Å². The fraction of sp³-hybridized carbons (Fsp3) is 0.700. The van der Waals surface area contributed by atoms with E-state index in [1.165, 1.54) is 19.5 Å². The molecule has 1 atom stereocenters. The predicted octanol–water partition coefficient (Wildman–Crippen LogP) is 0.293. The molecular weight excluding hydrogens is 176 g/mol. The molecule has 0 radical (unpaired) electrons. The Morgan fingerprint density at radius 3 is 3.07 bits per heavy atom. The third-order valence-electron chi connectivity index (χ3n) is 2.85. The van der Waals surface area contributed by atoms with Crippen LogP contribution in [0.2, 0.25) is 0 Å². The molecule has 1 aliphatic heterocycles. The molecule has 1 aromatic heterocycles. The SMILES string of the molecule is CN1CCC(Cn2cnc(CN)c2)C1. The fourth-order valence-electron chi connectivity index (χ4n) is 2.09. The highest BCUT2D eigenvalue weighted by molar-refractivity contribution is 4.95. The average Bonchev–Trinajstić information content (AvgIpc) is 2.76. The highest BCUT2D eigenvalue weighted by Crippen LogP contribution is 2.16. The zero-order valence-electron chi connectivity index (χ0n) is 8.69. The maximum atomic E-state index is 5.51. The van der Waals surface area contributed by atoms with Crippen LogP contribution < -0.4 is 5.73 Å². The smallest absolute Gasteiger partial charge is 0.0950 e. The lowest BCUT2D eigenvalue weighted by molar-refractivity contribution is 0.378. The maximum absolute atomic E-state index is 5.51. The van der Waals surface area contributed by atoms with Crippen LogP contribution in [-0.2, 0) is 13.1 Å². The first kappa shape index (κ1) is 9.68. The predicted molar refractivity (Wildman–Crippen MR) is 55.7 cm³/mol. The molecule has 2 rings (SSSR count). The van der Waals surface area contributed by atoms with Gasteiger partial charge in [-0.2, -0.15) is 0 Å². The highest BCUT2D eigenvalue weighted by atomic mass is 15.1. The van der Waals surface area contributed by atoms with E-state index in [9.17, 15) is 0 Å². The lowest BCUT2D eigenvalue weighted by Crippen LogP contribution is -2.16. The van der Waals surface area contributed by atoms with Crippen molar-refractivity contribution in [2.24, 2.45) is 11.7 Å². The molecule has 0 saturated carbocycles. The van der Waals surface area contributed by atoms with E-state index in [-0.39, 0.29) is 0 Å². The molecule has 78 valence electrons. The zero-order valence-corrected chi connectivity index (χ0v) is 8.69. The van der Waals surface area contributed by atoms with Crippen molar-refractivity contribution in [2.75, 3.05) is 20.1 Å². The Morgan fingerprint density at radius 1 is 1.64 bits per heavy atom. The van der Waals surface area contributed by atoms with Gasteiger partial charge < -0.3 is 15.2 Å². The Hall–Kier alpha value is -0.870. The van der Waals surface area contributed by atoms with Crippen molar-refractivity contribution < 1.29 is 0 Å². The summed E-state index contributed by atoms with van der Waals surface area (Å²) >= 11 is 0. The maximum Gasteiger partial charge on any atom is 0.0950 e.